The molecule has 0 bridgehead atoms. The second-order valence-corrected chi connectivity index (χ2v) is 8.16. The molecule has 1 aliphatic heterocycles. The molecule has 0 spiro atoms. The largest absolute Gasteiger partial charge is 0.300 e. The summed E-state index contributed by atoms with van der Waals surface area (Å²) in [6.07, 6.45) is 4.51. The topological polar surface area (TPSA) is 49.4 Å². The van der Waals surface area contributed by atoms with Crippen molar-refractivity contribution in [2.24, 2.45) is 0 Å². The molecule has 1 saturated carbocycles. The molecule has 0 amide bonds. The molecule has 1 N–H and O–H groups in total. The standard InChI is InChI=1S/C16H24N2O2S/c1-13-2-4-14(5-3-13)12-21(19,20)17-15-8-10-18(11-9-15)16-6-7-16/h2-5,15-17H,6-12H2,1H3. The summed E-state index contributed by atoms with van der Waals surface area (Å²) in [5.74, 6) is 0.0795. The smallest absolute Gasteiger partial charge is 0.216 e. The summed E-state index contributed by atoms with van der Waals surface area (Å²) in [5, 5.41) is 0. The highest BCUT2D eigenvalue weighted by molar-refractivity contribution is 7.88. The molecule has 0 aromatic heterocycles. The van der Waals surface area contributed by atoms with E-state index in [-0.39, 0.29) is 11.8 Å². The molecule has 21 heavy (non-hydrogen) atoms. The molecule has 1 aromatic rings. The molecule has 116 valence electrons. The Hall–Kier alpha value is -0.910. The highest BCUT2D eigenvalue weighted by Gasteiger charge is 2.32. The average molecular weight is 308 g/mol. The summed E-state index contributed by atoms with van der Waals surface area (Å²) >= 11 is 0. The van der Waals surface area contributed by atoms with E-state index in [0.717, 1.165) is 43.1 Å². The Morgan fingerprint density at radius 2 is 1.71 bits per heavy atom. The van der Waals surface area contributed by atoms with Crippen LogP contribution in [0, 0.1) is 6.92 Å². The second kappa shape index (κ2) is 6.07. The third-order valence-corrected chi connectivity index (χ3v) is 5.82. The lowest BCUT2D eigenvalue weighted by atomic mass is 10.1. The molecule has 5 heteroatoms. The summed E-state index contributed by atoms with van der Waals surface area (Å²) in [7, 11) is -3.24. The molecule has 2 fully saturated rings. The van der Waals surface area contributed by atoms with Gasteiger partial charge >= 0.3 is 0 Å². The molecule has 0 atom stereocenters. The van der Waals surface area contributed by atoms with Crippen LogP contribution in [0.25, 0.3) is 0 Å². The first-order valence-corrected chi connectivity index (χ1v) is 9.47. The first kappa shape index (κ1) is 15.0. The lowest BCUT2D eigenvalue weighted by molar-refractivity contribution is 0.199. The molecule has 4 nitrogen and oxygen atoms in total. The Balaban J connectivity index is 1.52. The fourth-order valence-electron chi connectivity index (χ4n) is 3.02. The number of nitrogens with one attached hydrogen (secondary N) is 1. The zero-order valence-corrected chi connectivity index (χ0v) is 13.4. The third-order valence-electron chi connectivity index (χ3n) is 4.42. The van der Waals surface area contributed by atoms with E-state index in [1.54, 1.807) is 0 Å². The van der Waals surface area contributed by atoms with Crippen LogP contribution in [-0.2, 0) is 15.8 Å². The van der Waals surface area contributed by atoms with Gasteiger partial charge in [-0.1, -0.05) is 29.8 Å². The van der Waals surface area contributed by atoms with Crippen molar-refractivity contribution in [3.05, 3.63) is 35.4 Å². The van der Waals surface area contributed by atoms with Crippen LogP contribution >= 0.6 is 0 Å². The third kappa shape index (κ3) is 4.28. The minimum atomic E-state index is -3.24. The monoisotopic (exact) mass is 308 g/mol. The van der Waals surface area contributed by atoms with Gasteiger partial charge in [0.05, 0.1) is 5.75 Å². The van der Waals surface area contributed by atoms with Gasteiger partial charge in [0.25, 0.3) is 0 Å². The maximum absolute atomic E-state index is 12.3. The number of hydrogen-bond donors (Lipinski definition) is 1. The Labute approximate surface area is 127 Å². The quantitative estimate of drug-likeness (QED) is 0.905. The van der Waals surface area contributed by atoms with Gasteiger partial charge in [-0.25, -0.2) is 13.1 Å². The fraction of sp³-hybridized carbons (Fsp3) is 0.625. The zero-order chi connectivity index (χ0) is 14.9. The number of nitrogens with zero attached hydrogens (tertiary/aromatic N) is 1. The number of likely N-dealkylation sites (tertiary alicyclic amines) is 1. The van der Waals surface area contributed by atoms with Crippen LogP contribution in [0.1, 0.15) is 36.8 Å². The molecular formula is C16H24N2O2S. The molecular weight excluding hydrogens is 284 g/mol. The predicted molar refractivity (Wildman–Crippen MR) is 84.6 cm³/mol. The normalized spacial score (nSPS) is 21.6. The van der Waals surface area contributed by atoms with Crippen molar-refractivity contribution >= 4 is 10.0 Å². The molecule has 1 aliphatic carbocycles. The van der Waals surface area contributed by atoms with Crippen molar-refractivity contribution in [2.45, 2.75) is 50.4 Å². The van der Waals surface area contributed by atoms with Crippen molar-refractivity contribution in [3.8, 4) is 0 Å². The Morgan fingerprint density at radius 3 is 2.29 bits per heavy atom. The van der Waals surface area contributed by atoms with Gasteiger partial charge in [-0.05, 0) is 51.3 Å². The maximum Gasteiger partial charge on any atom is 0.216 e. The van der Waals surface area contributed by atoms with E-state index in [2.05, 4.69) is 9.62 Å². The molecule has 0 radical (unpaired) electrons. The lowest BCUT2D eigenvalue weighted by Crippen LogP contribution is -2.45. The summed E-state index contributed by atoms with van der Waals surface area (Å²) in [5.41, 5.74) is 2.00. The van der Waals surface area contributed by atoms with Crippen LogP contribution in [0.3, 0.4) is 0 Å². The van der Waals surface area contributed by atoms with Gasteiger partial charge in [0, 0.05) is 12.1 Å². The highest BCUT2D eigenvalue weighted by Crippen LogP contribution is 2.29. The highest BCUT2D eigenvalue weighted by atomic mass is 32.2. The molecule has 0 unspecified atom stereocenters. The van der Waals surface area contributed by atoms with E-state index < -0.39 is 10.0 Å². The lowest BCUT2D eigenvalue weighted by Gasteiger charge is -2.32. The van der Waals surface area contributed by atoms with Crippen LogP contribution in [0.4, 0.5) is 0 Å². The predicted octanol–water partition coefficient (Wildman–Crippen LogP) is 2.04. The van der Waals surface area contributed by atoms with Crippen LogP contribution in [0.5, 0.6) is 0 Å². The number of benzene rings is 1. The number of piperidine rings is 1. The van der Waals surface area contributed by atoms with E-state index in [1.165, 1.54) is 12.8 Å². The van der Waals surface area contributed by atoms with Crippen molar-refractivity contribution in [1.29, 1.82) is 0 Å². The van der Waals surface area contributed by atoms with Gasteiger partial charge in [-0.2, -0.15) is 0 Å². The van der Waals surface area contributed by atoms with Gasteiger partial charge in [0.15, 0.2) is 0 Å². The first-order chi connectivity index (χ1) is 10.0. The minimum Gasteiger partial charge on any atom is -0.300 e. The van der Waals surface area contributed by atoms with Crippen molar-refractivity contribution in [2.75, 3.05) is 13.1 Å². The molecule has 1 saturated heterocycles. The van der Waals surface area contributed by atoms with E-state index >= 15 is 0 Å². The van der Waals surface area contributed by atoms with Crippen LogP contribution < -0.4 is 4.72 Å². The Morgan fingerprint density at radius 1 is 1.10 bits per heavy atom. The van der Waals surface area contributed by atoms with Gasteiger partial charge in [0.1, 0.15) is 0 Å². The van der Waals surface area contributed by atoms with Gasteiger partial charge < -0.3 is 4.90 Å². The van der Waals surface area contributed by atoms with Gasteiger partial charge in [-0.3, -0.25) is 0 Å². The SMILES string of the molecule is Cc1ccc(CS(=O)(=O)NC2CCN(C3CC3)CC2)cc1. The van der Waals surface area contributed by atoms with E-state index in [0.29, 0.717) is 0 Å². The average Bonchev–Trinajstić information content (AvgIpc) is 3.26. The molecule has 1 aromatic carbocycles. The molecule has 1 heterocycles. The van der Waals surface area contributed by atoms with Gasteiger partial charge in [-0.15, -0.1) is 0 Å². The first-order valence-electron chi connectivity index (χ1n) is 7.81. The van der Waals surface area contributed by atoms with Crippen molar-refractivity contribution < 1.29 is 8.42 Å². The number of hydrogen-bond acceptors (Lipinski definition) is 3. The zero-order valence-electron chi connectivity index (χ0n) is 12.6. The van der Waals surface area contributed by atoms with Crippen LogP contribution in [-0.4, -0.2) is 38.5 Å². The van der Waals surface area contributed by atoms with Gasteiger partial charge in [0.2, 0.25) is 10.0 Å². The van der Waals surface area contributed by atoms with Crippen LogP contribution in [0.2, 0.25) is 0 Å². The van der Waals surface area contributed by atoms with E-state index in [9.17, 15) is 8.42 Å². The summed E-state index contributed by atoms with van der Waals surface area (Å²) in [6.45, 7) is 4.06. The summed E-state index contributed by atoms with van der Waals surface area (Å²) in [4.78, 5) is 2.50. The fourth-order valence-corrected chi connectivity index (χ4v) is 4.48. The minimum absolute atomic E-state index is 0.0795. The summed E-state index contributed by atoms with van der Waals surface area (Å²) in [6, 6.07) is 8.59. The number of sulfonamides is 1. The number of rotatable bonds is 5. The second-order valence-electron chi connectivity index (χ2n) is 6.40. The molecule has 2 aliphatic rings. The Bertz CT molecular complexity index is 571. The number of aryl methyl sites for hydroxylation is 1. The molecule has 3 rings (SSSR count). The van der Waals surface area contributed by atoms with Crippen LogP contribution in [0.15, 0.2) is 24.3 Å². The van der Waals surface area contributed by atoms with E-state index in [1.807, 2.05) is 31.2 Å². The van der Waals surface area contributed by atoms with Crippen molar-refractivity contribution in [3.63, 3.8) is 0 Å². The van der Waals surface area contributed by atoms with E-state index in [4.69, 9.17) is 0 Å². The van der Waals surface area contributed by atoms with Crippen molar-refractivity contribution in [1.82, 2.24) is 9.62 Å². The summed E-state index contributed by atoms with van der Waals surface area (Å²) < 4.78 is 27.4. The maximum atomic E-state index is 12.3. The Kier molecular flexibility index (Phi) is 4.33.